The van der Waals surface area contributed by atoms with Crippen LogP contribution >= 0.6 is 0 Å². The average Bonchev–Trinajstić information content (AvgIpc) is 3.33. The Morgan fingerprint density at radius 2 is 2.29 bits per heavy atom. The van der Waals surface area contributed by atoms with Crippen LogP contribution in [0.25, 0.3) is 10.9 Å². The molecule has 1 aliphatic heterocycles. The van der Waals surface area contributed by atoms with Crippen molar-refractivity contribution in [1.82, 2.24) is 30.3 Å². The number of methoxy groups -OCH3 is 1. The lowest BCUT2D eigenvalue weighted by molar-refractivity contribution is -0.131. The Morgan fingerprint density at radius 1 is 1.38 bits per heavy atom. The maximum atomic E-state index is 12.8. The normalized spacial score (nSPS) is 20.8. The second kappa shape index (κ2) is 6.04. The van der Waals surface area contributed by atoms with Crippen molar-refractivity contribution in [2.75, 3.05) is 13.7 Å². The molecule has 1 fully saturated rings. The van der Waals surface area contributed by atoms with Crippen LogP contribution in [-0.4, -0.2) is 55.9 Å². The van der Waals surface area contributed by atoms with E-state index in [2.05, 4.69) is 25.4 Å². The summed E-state index contributed by atoms with van der Waals surface area (Å²) in [6.07, 6.45) is 4.29. The lowest BCUT2D eigenvalue weighted by Gasteiger charge is -2.22. The molecule has 24 heavy (non-hydrogen) atoms. The van der Waals surface area contributed by atoms with Crippen LogP contribution in [0, 0.1) is 0 Å². The van der Waals surface area contributed by atoms with Crippen molar-refractivity contribution >= 4 is 16.8 Å². The Morgan fingerprint density at radius 3 is 3.08 bits per heavy atom. The first-order valence-corrected chi connectivity index (χ1v) is 7.84. The zero-order chi connectivity index (χ0) is 16.5. The van der Waals surface area contributed by atoms with Crippen LogP contribution in [0.5, 0.6) is 0 Å². The van der Waals surface area contributed by atoms with Crippen molar-refractivity contribution < 1.29 is 9.53 Å². The molecule has 0 aliphatic carbocycles. The zero-order valence-corrected chi connectivity index (χ0v) is 13.3. The lowest BCUT2D eigenvalue weighted by Crippen LogP contribution is -2.33. The second-order valence-corrected chi connectivity index (χ2v) is 5.99. The van der Waals surface area contributed by atoms with Gasteiger partial charge in [-0.15, -0.1) is 0 Å². The predicted octanol–water partition coefficient (Wildman–Crippen LogP) is 1.21. The van der Waals surface area contributed by atoms with Gasteiger partial charge in [0, 0.05) is 25.5 Å². The number of nitrogens with zero attached hydrogens (tertiary/aromatic N) is 4. The molecule has 0 unspecified atom stereocenters. The molecule has 8 nitrogen and oxygen atoms in total. The van der Waals surface area contributed by atoms with Gasteiger partial charge in [-0.3, -0.25) is 15.0 Å². The summed E-state index contributed by atoms with van der Waals surface area (Å²) in [5, 5.41) is 14.7. The second-order valence-electron chi connectivity index (χ2n) is 5.99. The highest BCUT2D eigenvalue weighted by molar-refractivity contribution is 5.83. The summed E-state index contributed by atoms with van der Waals surface area (Å²) in [6, 6.07) is 5.76. The number of hydrogen-bond acceptors (Lipinski definition) is 5. The smallest absolute Gasteiger partial charge is 0.227 e. The Kier molecular flexibility index (Phi) is 3.73. The van der Waals surface area contributed by atoms with E-state index in [4.69, 9.17) is 4.74 Å². The minimum absolute atomic E-state index is 0.0143. The molecule has 0 saturated carbocycles. The molecule has 2 atom stereocenters. The van der Waals surface area contributed by atoms with Crippen molar-refractivity contribution in [3.8, 4) is 0 Å². The Balaban J connectivity index is 1.55. The number of carbonyl (C=O) groups is 1. The molecule has 1 amide bonds. The molecule has 0 spiro atoms. The highest BCUT2D eigenvalue weighted by atomic mass is 16.5. The molecule has 3 aromatic rings. The van der Waals surface area contributed by atoms with Gasteiger partial charge in [-0.1, -0.05) is 6.07 Å². The summed E-state index contributed by atoms with van der Waals surface area (Å²) < 4.78 is 5.45. The summed E-state index contributed by atoms with van der Waals surface area (Å²) in [6.45, 7) is 0.564. The van der Waals surface area contributed by atoms with E-state index in [1.54, 1.807) is 13.3 Å². The van der Waals surface area contributed by atoms with E-state index < -0.39 is 0 Å². The molecule has 2 aromatic heterocycles. The summed E-state index contributed by atoms with van der Waals surface area (Å²) in [4.78, 5) is 18.9. The SMILES string of the molecule is CO[C@@H]1C[C@@H](c2ncn[nH]2)N(C(=O)Cc2ccc3[nH]ncc3c2)C1. The molecule has 1 aromatic carbocycles. The van der Waals surface area contributed by atoms with E-state index in [-0.39, 0.29) is 18.1 Å². The summed E-state index contributed by atoms with van der Waals surface area (Å²) in [7, 11) is 1.67. The van der Waals surface area contributed by atoms with Crippen LogP contribution in [0.1, 0.15) is 23.9 Å². The average molecular weight is 326 g/mol. The van der Waals surface area contributed by atoms with Gasteiger partial charge in [0.15, 0.2) is 0 Å². The molecular weight excluding hydrogens is 308 g/mol. The van der Waals surface area contributed by atoms with Crippen LogP contribution in [0.4, 0.5) is 0 Å². The highest BCUT2D eigenvalue weighted by Crippen LogP contribution is 2.31. The van der Waals surface area contributed by atoms with Gasteiger partial charge < -0.3 is 9.64 Å². The first-order chi connectivity index (χ1) is 11.7. The molecule has 3 heterocycles. The summed E-state index contributed by atoms with van der Waals surface area (Å²) in [5.41, 5.74) is 1.93. The van der Waals surface area contributed by atoms with Gasteiger partial charge in [-0.2, -0.15) is 10.2 Å². The Labute approximate surface area is 138 Å². The molecule has 0 radical (unpaired) electrons. The van der Waals surface area contributed by atoms with Gasteiger partial charge in [0.25, 0.3) is 0 Å². The number of fused-ring (bicyclic) bond motifs is 1. The summed E-state index contributed by atoms with van der Waals surface area (Å²) >= 11 is 0. The van der Waals surface area contributed by atoms with Gasteiger partial charge in [0.1, 0.15) is 12.2 Å². The van der Waals surface area contributed by atoms with Crippen molar-refractivity contribution in [1.29, 1.82) is 0 Å². The number of aromatic amines is 2. The standard InChI is InChI=1S/C16H18N6O2/c1-24-12-6-14(16-17-9-19-21-16)22(8-12)15(23)5-10-2-3-13-11(4-10)7-18-20-13/h2-4,7,9,12,14H,5-6,8H2,1H3,(H,18,20)(H,17,19,21)/t12-,14+/m1/s1. The third-order valence-electron chi connectivity index (χ3n) is 4.53. The third-order valence-corrected chi connectivity index (χ3v) is 4.53. The minimum atomic E-state index is -0.123. The van der Waals surface area contributed by atoms with E-state index >= 15 is 0 Å². The molecule has 124 valence electrons. The van der Waals surface area contributed by atoms with E-state index in [1.807, 2.05) is 23.1 Å². The van der Waals surface area contributed by atoms with Crippen molar-refractivity contribution in [2.45, 2.75) is 25.0 Å². The van der Waals surface area contributed by atoms with Crippen molar-refractivity contribution in [3.05, 3.63) is 42.1 Å². The van der Waals surface area contributed by atoms with Gasteiger partial charge in [0.2, 0.25) is 5.91 Å². The predicted molar refractivity (Wildman–Crippen MR) is 86.0 cm³/mol. The third kappa shape index (κ3) is 2.65. The molecule has 1 saturated heterocycles. The number of carbonyl (C=O) groups excluding carboxylic acids is 1. The fourth-order valence-corrected chi connectivity index (χ4v) is 3.26. The first kappa shape index (κ1) is 14.8. The summed E-state index contributed by atoms with van der Waals surface area (Å²) in [5.74, 6) is 0.756. The first-order valence-electron chi connectivity index (χ1n) is 7.84. The maximum Gasteiger partial charge on any atom is 0.227 e. The molecule has 4 rings (SSSR count). The molecule has 8 heteroatoms. The number of nitrogens with one attached hydrogen (secondary N) is 2. The van der Waals surface area contributed by atoms with Gasteiger partial charge in [-0.05, 0) is 17.7 Å². The van der Waals surface area contributed by atoms with E-state index in [0.29, 0.717) is 18.8 Å². The van der Waals surface area contributed by atoms with Crippen LogP contribution in [0.2, 0.25) is 0 Å². The van der Waals surface area contributed by atoms with E-state index in [9.17, 15) is 4.79 Å². The fraction of sp³-hybridized carbons (Fsp3) is 0.375. The van der Waals surface area contributed by atoms with Crippen LogP contribution in [0.3, 0.4) is 0 Å². The number of rotatable bonds is 4. The number of aromatic nitrogens is 5. The number of amides is 1. The topological polar surface area (TPSA) is 99.8 Å². The van der Waals surface area contributed by atoms with Crippen molar-refractivity contribution in [3.63, 3.8) is 0 Å². The molecule has 0 bridgehead atoms. The van der Waals surface area contributed by atoms with Gasteiger partial charge >= 0.3 is 0 Å². The number of ether oxygens (including phenoxy) is 1. The number of benzene rings is 1. The monoisotopic (exact) mass is 326 g/mol. The van der Waals surface area contributed by atoms with Crippen molar-refractivity contribution in [2.24, 2.45) is 0 Å². The number of hydrogen-bond donors (Lipinski definition) is 2. The Hall–Kier alpha value is -2.74. The largest absolute Gasteiger partial charge is 0.380 e. The van der Waals surface area contributed by atoms with Gasteiger partial charge in [-0.25, -0.2) is 4.98 Å². The van der Waals surface area contributed by atoms with Crippen LogP contribution < -0.4 is 0 Å². The fourth-order valence-electron chi connectivity index (χ4n) is 3.26. The molecular formula is C16H18N6O2. The van der Waals surface area contributed by atoms with E-state index in [0.717, 1.165) is 22.9 Å². The van der Waals surface area contributed by atoms with Gasteiger partial charge in [0.05, 0.1) is 30.3 Å². The van der Waals surface area contributed by atoms with E-state index in [1.165, 1.54) is 6.33 Å². The molecule has 1 aliphatic rings. The quantitative estimate of drug-likeness (QED) is 0.751. The maximum absolute atomic E-state index is 12.8. The zero-order valence-electron chi connectivity index (χ0n) is 13.3. The lowest BCUT2D eigenvalue weighted by atomic mass is 10.1. The highest BCUT2D eigenvalue weighted by Gasteiger charge is 2.37. The Bertz CT molecular complexity index is 843. The molecule has 2 N–H and O–H groups in total. The van der Waals surface area contributed by atoms with Crippen LogP contribution in [-0.2, 0) is 16.0 Å². The number of likely N-dealkylation sites (tertiary alicyclic amines) is 1. The van der Waals surface area contributed by atoms with Crippen LogP contribution in [0.15, 0.2) is 30.7 Å². The number of H-pyrrole nitrogens is 2. The minimum Gasteiger partial charge on any atom is -0.380 e.